The minimum atomic E-state index is -3.11. The molecular formula is C40H36O2P2. The molecule has 0 atom stereocenters. The number of rotatable bonds is 7. The Bertz CT molecular complexity index is 1810. The van der Waals surface area contributed by atoms with E-state index in [4.69, 9.17) is 0 Å². The summed E-state index contributed by atoms with van der Waals surface area (Å²) in [5.41, 5.74) is 6.11. The second-order valence-electron chi connectivity index (χ2n) is 11.5. The second-order valence-corrected chi connectivity index (χ2v) is 16.9. The largest absolute Gasteiger partial charge is 0.309 e. The van der Waals surface area contributed by atoms with E-state index >= 15 is 9.13 Å². The van der Waals surface area contributed by atoms with E-state index in [0.29, 0.717) is 0 Å². The first-order chi connectivity index (χ1) is 21.2. The standard InChI is InChI=1S/C40H36O2P2/c1-29-13-5-9-17-37(29)43(41,38-18-10-6-14-30(38)2)35-25-21-33(22-26-35)34-23-27-36(28-24-34)44(42,39-19-11-7-15-31(39)3)40-20-12-8-16-32(40)4/h5-28H,1-4H3. The number of aryl methyl sites for hydroxylation is 4. The predicted molar refractivity (Wildman–Crippen MR) is 190 cm³/mol. The van der Waals surface area contributed by atoms with E-state index in [1.165, 1.54) is 0 Å². The van der Waals surface area contributed by atoms with Gasteiger partial charge >= 0.3 is 0 Å². The third-order valence-electron chi connectivity index (χ3n) is 8.61. The van der Waals surface area contributed by atoms with Gasteiger partial charge in [-0.1, -0.05) is 146 Å². The second kappa shape index (κ2) is 12.0. The molecule has 0 fully saturated rings. The lowest BCUT2D eigenvalue weighted by Gasteiger charge is -2.24. The van der Waals surface area contributed by atoms with Crippen molar-refractivity contribution in [1.29, 1.82) is 0 Å². The van der Waals surface area contributed by atoms with Crippen molar-refractivity contribution in [2.75, 3.05) is 0 Å². The van der Waals surface area contributed by atoms with E-state index < -0.39 is 14.3 Å². The molecular weight excluding hydrogens is 574 g/mol. The smallest absolute Gasteiger partial charge is 0.171 e. The highest BCUT2D eigenvalue weighted by molar-refractivity contribution is 7.86. The van der Waals surface area contributed by atoms with Crippen LogP contribution < -0.4 is 31.8 Å². The van der Waals surface area contributed by atoms with Crippen molar-refractivity contribution in [2.45, 2.75) is 27.7 Å². The van der Waals surface area contributed by atoms with Gasteiger partial charge in [0.1, 0.15) is 0 Å². The average Bonchev–Trinajstić information content (AvgIpc) is 3.05. The van der Waals surface area contributed by atoms with Crippen LogP contribution in [0.1, 0.15) is 22.3 Å². The quantitative estimate of drug-likeness (QED) is 0.173. The minimum Gasteiger partial charge on any atom is -0.309 e. The van der Waals surface area contributed by atoms with Crippen LogP contribution in [0.4, 0.5) is 0 Å². The van der Waals surface area contributed by atoms with Crippen LogP contribution in [-0.4, -0.2) is 0 Å². The third kappa shape index (κ3) is 5.13. The van der Waals surface area contributed by atoms with E-state index in [1.54, 1.807) is 0 Å². The molecule has 6 aromatic carbocycles. The van der Waals surface area contributed by atoms with Crippen LogP contribution in [0.15, 0.2) is 146 Å². The van der Waals surface area contributed by atoms with Crippen LogP contribution >= 0.6 is 14.3 Å². The van der Waals surface area contributed by atoms with E-state index in [0.717, 1.165) is 65.2 Å². The topological polar surface area (TPSA) is 34.1 Å². The maximum Gasteiger partial charge on any atom is 0.171 e. The van der Waals surface area contributed by atoms with E-state index in [-0.39, 0.29) is 0 Å². The molecule has 0 amide bonds. The van der Waals surface area contributed by atoms with Crippen LogP contribution in [0.2, 0.25) is 0 Å². The molecule has 0 aliphatic rings. The van der Waals surface area contributed by atoms with Crippen molar-refractivity contribution in [3.63, 3.8) is 0 Å². The maximum absolute atomic E-state index is 15.2. The Hall–Kier alpha value is -4.22. The maximum atomic E-state index is 15.2. The van der Waals surface area contributed by atoms with Gasteiger partial charge in [0.2, 0.25) is 0 Å². The molecule has 0 saturated carbocycles. The molecule has 4 heteroatoms. The van der Waals surface area contributed by atoms with E-state index in [1.807, 2.05) is 149 Å². The third-order valence-corrected chi connectivity index (χ3v) is 15.4. The number of hydrogen-bond acceptors (Lipinski definition) is 2. The summed E-state index contributed by atoms with van der Waals surface area (Å²) < 4.78 is 30.3. The zero-order chi connectivity index (χ0) is 30.9. The Kier molecular flexibility index (Phi) is 8.17. The van der Waals surface area contributed by atoms with Crippen molar-refractivity contribution in [3.8, 4) is 11.1 Å². The van der Waals surface area contributed by atoms with Gasteiger partial charge < -0.3 is 9.13 Å². The monoisotopic (exact) mass is 610 g/mol. The number of hydrogen-bond donors (Lipinski definition) is 0. The van der Waals surface area contributed by atoms with Gasteiger partial charge in [0.15, 0.2) is 14.3 Å². The van der Waals surface area contributed by atoms with Crippen LogP contribution in [0, 0.1) is 27.7 Å². The van der Waals surface area contributed by atoms with Gasteiger partial charge in [0, 0.05) is 31.8 Å². The van der Waals surface area contributed by atoms with Crippen LogP contribution in [0.5, 0.6) is 0 Å². The normalized spacial score (nSPS) is 11.8. The van der Waals surface area contributed by atoms with Crippen molar-refractivity contribution in [1.82, 2.24) is 0 Å². The lowest BCUT2D eigenvalue weighted by Crippen LogP contribution is -2.28. The van der Waals surface area contributed by atoms with E-state index in [9.17, 15) is 0 Å². The molecule has 0 aliphatic carbocycles. The zero-order valence-corrected chi connectivity index (χ0v) is 27.4. The first kappa shape index (κ1) is 29.8. The summed E-state index contributed by atoms with van der Waals surface area (Å²) in [5, 5.41) is 5.10. The molecule has 0 bridgehead atoms. The zero-order valence-electron chi connectivity index (χ0n) is 25.6. The van der Waals surface area contributed by atoms with Crippen molar-refractivity contribution in [2.24, 2.45) is 0 Å². The van der Waals surface area contributed by atoms with Gasteiger partial charge in [-0.3, -0.25) is 0 Å². The van der Waals surface area contributed by atoms with Crippen molar-refractivity contribution < 1.29 is 9.13 Å². The fourth-order valence-electron chi connectivity index (χ4n) is 6.21. The molecule has 0 spiro atoms. The molecule has 6 rings (SSSR count). The molecule has 0 saturated heterocycles. The summed E-state index contributed by atoms with van der Waals surface area (Å²) in [5.74, 6) is 0. The molecule has 0 heterocycles. The SMILES string of the molecule is Cc1ccccc1P(=O)(c1ccc(-c2ccc(P(=O)(c3ccccc3C)c3ccccc3C)cc2)cc1)c1ccccc1C. The molecule has 0 radical (unpaired) electrons. The molecule has 44 heavy (non-hydrogen) atoms. The summed E-state index contributed by atoms with van der Waals surface area (Å²) in [6.45, 7) is 8.12. The molecule has 0 aliphatic heterocycles. The molecule has 0 unspecified atom stereocenters. The lowest BCUT2D eigenvalue weighted by molar-refractivity contribution is 0.591. The molecule has 6 aromatic rings. The summed E-state index contributed by atoms with van der Waals surface area (Å²) in [6, 6.07) is 48.2. The summed E-state index contributed by atoms with van der Waals surface area (Å²) in [6.07, 6.45) is 0. The van der Waals surface area contributed by atoms with Crippen LogP contribution in [-0.2, 0) is 9.13 Å². The summed E-state index contributed by atoms with van der Waals surface area (Å²) >= 11 is 0. The van der Waals surface area contributed by atoms with Gasteiger partial charge in [-0.05, 0) is 61.1 Å². The molecule has 2 nitrogen and oxygen atoms in total. The van der Waals surface area contributed by atoms with Gasteiger partial charge in [0.25, 0.3) is 0 Å². The van der Waals surface area contributed by atoms with Crippen molar-refractivity contribution in [3.05, 3.63) is 168 Å². The Balaban J connectivity index is 1.42. The highest BCUT2D eigenvalue weighted by atomic mass is 31.2. The Morgan fingerprint density at radius 2 is 0.545 bits per heavy atom. The molecule has 218 valence electrons. The Morgan fingerprint density at radius 3 is 0.773 bits per heavy atom. The summed E-state index contributed by atoms with van der Waals surface area (Å²) in [4.78, 5) is 0. The van der Waals surface area contributed by atoms with Crippen LogP contribution in [0.3, 0.4) is 0 Å². The average molecular weight is 611 g/mol. The number of benzene rings is 6. The lowest BCUT2D eigenvalue weighted by atomic mass is 10.1. The first-order valence-electron chi connectivity index (χ1n) is 14.9. The van der Waals surface area contributed by atoms with Gasteiger partial charge in [0.05, 0.1) is 0 Å². The summed E-state index contributed by atoms with van der Waals surface area (Å²) in [7, 11) is -6.22. The Labute approximate surface area is 261 Å². The van der Waals surface area contributed by atoms with Gasteiger partial charge in [-0.25, -0.2) is 0 Å². The highest BCUT2D eigenvalue weighted by Gasteiger charge is 2.33. The fourth-order valence-corrected chi connectivity index (χ4v) is 12.4. The molecule has 0 aromatic heterocycles. The van der Waals surface area contributed by atoms with Gasteiger partial charge in [-0.15, -0.1) is 0 Å². The van der Waals surface area contributed by atoms with Crippen LogP contribution in [0.25, 0.3) is 11.1 Å². The van der Waals surface area contributed by atoms with Crippen molar-refractivity contribution >= 4 is 46.1 Å². The highest BCUT2D eigenvalue weighted by Crippen LogP contribution is 2.46. The Morgan fingerprint density at radius 1 is 0.318 bits per heavy atom. The molecule has 0 N–H and O–H groups in total. The fraction of sp³-hybridized carbons (Fsp3) is 0.100. The van der Waals surface area contributed by atoms with E-state index in [2.05, 4.69) is 24.3 Å². The minimum absolute atomic E-state index is 0.810. The predicted octanol–water partition coefficient (Wildman–Crippen LogP) is 7.87. The first-order valence-corrected chi connectivity index (χ1v) is 18.3. The van der Waals surface area contributed by atoms with Gasteiger partial charge in [-0.2, -0.15) is 0 Å².